The molecule has 2 atom stereocenters. The lowest BCUT2D eigenvalue weighted by molar-refractivity contribution is -0.164. The molecule has 3 aliphatic carbocycles. The molecule has 0 spiro atoms. The van der Waals surface area contributed by atoms with Crippen molar-refractivity contribution < 1.29 is 36.7 Å². The molecule has 0 radical (unpaired) electrons. The minimum absolute atomic E-state index is 0.00981. The topological polar surface area (TPSA) is 109 Å². The molecule has 188 valence electrons. The average molecular weight is 504 g/mol. The zero-order valence-electron chi connectivity index (χ0n) is 19.0. The summed E-state index contributed by atoms with van der Waals surface area (Å²) in [6.07, 6.45) is -1.86. The molecule has 7 rings (SSSR count). The van der Waals surface area contributed by atoms with E-state index in [1.165, 1.54) is 20.0 Å². The fourth-order valence-electron chi connectivity index (χ4n) is 6.15. The van der Waals surface area contributed by atoms with Crippen molar-refractivity contribution in [3.8, 4) is 0 Å². The number of benzene rings is 1. The number of carbonyl (C=O) groups excluding carboxylic acids is 4. The fourth-order valence-corrected chi connectivity index (χ4v) is 6.15. The lowest BCUT2D eigenvalue weighted by Gasteiger charge is -2.45. The SMILES string of the molecule is CNC(=O)C1(NC(=O)C(=O)c2c(C)c(C(=O)Nc3ccc(F)c(F)c3)n3c2C2C4C2C43)CC(F)(F)C1. The number of halogens is 4. The highest BCUT2D eigenvalue weighted by atomic mass is 19.3. The van der Waals surface area contributed by atoms with Crippen LogP contribution in [0.1, 0.15) is 56.9 Å². The highest BCUT2D eigenvalue weighted by Gasteiger charge is 2.81. The number of nitrogens with one attached hydrogen (secondary N) is 3. The number of hydrogen-bond acceptors (Lipinski definition) is 4. The van der Waals surface area contributed by atoms with Gasteiger partial charge in [0.2, 0.25) is 5.91 Å². The van der Waals surface area contributed by atoms with Gasteiger partial charge in [-0.1, -0.05) is 0 Å². The third kappa shape index (κ3) is 2.93. The molecule has 3 fully saturated rings. The molecule has 5 aliphatic rings. The van der Waals surface area contributed by atoms with E-state index in [0.29, 0.717) is 5.69 Å². The van der Waals surface area contributed by atoms with Crippen molar-refractivity contribution in [2.75, 3.05) is 12.4 Å². The zero-order chi connectivity index (χ0) is 25.9. The predicted molar refractivity (Wildman–Crippen MR) is 116 cm³/mol. The normalized spacial score (nSPS) is 26.7. The average Bonchev–Trinajstić information content (AvgIpc) is 3.59. The van der Waals surface area contributed by atoms with E-state index in [4.69, 9.17) is 0 Å². The number of rotatable bonds is 6. The molecule has 2 bridgehead atoms. The summed E-state index contributed by atoms with van der Waals surface area (Å²) in [6, 6.07) is 2.90. The van der Waals surface area contributed by atoms with Gasteiger partial charge in [0.25, 0.3) is 23.5 Å². The van der Waals surface area contributed by atoms with Crippen molar-refractivity contribution in [1.29, 1.82) is 0 Å². The number of aromatic nitrogens is 1. The molecule has 2 aromatic rings. The lowest BCUT2D eigenvalue weighted by Crippen LogP contribution is -2.69. The Morgan fingerprint density at radius 1 is 1.06 bits per heavy atom. The van der Waals surface area contributed by atoms with Crippen LogP contribution in [0.4, 0.5) is 23.2 Å². The van der Waals surface area contributed by atoms with E-state index in [2.05, 4.69) is 16.0 Å². The highest BCUT2D eigenvalue weighted by Crippen LogP contribution is 2.86. The molecule has 8 nitrogen and oxygen atoms in total. The van der Waals surface area contributed by atoms with Crippen LogP contribution < -0.4 is 16.0 Å². The summed E-state index contributed by atoms with van der Waals surface area (Å²) in [4.78, 5) is 51.6. The number of alkyl halides is 2. The molecule has 36 heavy (non-hydrogen) atoms. The van der Waals surface area contributed by atoms with Crippen LogP contribution in [0.5, 0.6) is 0 Å². The van der Waals surface area contributed by atoms with Crippen LogP contribution >= 0.6 is 0 Å². The van der Waals surface area contributed by atoms with Crippen molar-refractivity contribution in [3.05, 3.63) is 52.3 Å². The number of likely N-dealkylation sites (N-methyl/N-ethyl adjacent to an activating group) is 1. The van der Waals surface area contributed by atoms with Gasteiger partial charge in [-0.15, -0.1) is 0 Å². The maximum Gasteiger partial charge on any atom is 0.293 e. The van der Waals surface area contributed by atoms with Crippen LogP contribution in [0.2, 0.25) is 0 Å². The molecule has 3 saturated carbocycles. The van der Waals surface area contributed by atoms with Gasteiger partial charge in [-0.2, -0.15) is 0 Å². The Morgan fingerprint density at radius 3 is 2.31 bits per heavy atom. The first-order chi connectivity index (χ1) is 16.9. The number of hydrogen-bond donors (Lipinski definition) is 3. The van der Waals surface area contributed by atoms with Gasteiger partial charge in [-0.25, -0.2) is 17.6 Å². The molecule has 1 aromatic carbocycles. The number of nitrogens with zero attached hydrogens (tertiary/aromatic N) is 1. The van der Waals surface area contributed by atoms with E-state index >= 15 is 0 Å². The van der Waals surface area contributed by atoms with Crippen LogP contribution in [0, 0.1) is 30.4 Å². The Hall–Kier alpha value is -3.70. The third-order valence-electron chi connectivity index (χ3n) is 7.84. The second-order valence-electron chi connectivity index (χ2n) is 10.0. The van der Waals surface area contributed by atoms with E-state index < -0.39 is 59.4 Å². The summed E-state index contributed by atoms with van der Waals surface area (Å²) in [7, 11) is 1.24. The number of ketones is 1. The van der Waals surface area contributed by atoms with E-state index in [1.54, 1.807) is 4.57 Å². The molecule has 2 aliphatic heterocycles. The van der Waals surface area contributed by atoms with Gasteiger partial charge < -0.3 is 20.5 Å². The van der Waals surface area contributed by atoms with Crippen molar-refractivity contribution in [2.24, 2.45) is 11.8 Å². The summed E-state index contributed by atoms with van der Waals surface area (Å²) < 4.78 is 55.8. The number of amides is 3. The van der Waals surface area contributed by atoms with E-state index in [9.17, 15) is 36.7 Å². The van der Waals surface area contributed by atoms with Crippen LogP contribution in [0.25, 0.3) is 0 Å². The molecule has 3 heterocycles. The summed E-state index contributed by atoms with van der Waals surface area (Å²) >= 11 is 0. The molecule has 0 saturated heterocycles. The summed E-state index contributed by atoms with van der Waals surface area (Å²) in [5.41, 5.74) is -1.00. The van der Waals surface area contributed by atoms with Gasteiger partial charge in [-0.05, 0) is 36.5 Å². The van der Waals surface area contributed by atoms with Gasteiger partial charge >= 0.3 is 0 Å². The molecule has 12 heteroatoms. The Bertz CT molecular complexity index is 1400. The van der Waals surface area contributed by atoms with Crippen LogP contribution in [-0.2, 0) is 9.59 Å². The second-order valence-corrected chi connectivity index (χ2v) is 10.0. The van der Waals surface area contributed by atoms with Gasteiger partial charge in [0.05, 0.1) is 5.56 Å². The van der Waals surface area contributed by atoms with Crippen molar-refractivity contribution in [1.82, 2.24) is 15.2 Å². The Labute approximate surface area is 201 Å². The standard InChI is InChI=1S/C24H20F4N4O4/c1-8-12(19(33)21(35)31-23(22(36)29-2)6-24(27,28)7-23)17-13-14-15(13)18(14)32(17)16(8)20(34)30-9-3-4-10(25)11(26)5-9/h3-5,13-15,18H,6-7H2,1-2H3,(H,29,36)(H,30,34)(H,31,35). The van der Waals surface area contributed by atoms with E-state index in [-0.39, 0.29) is 46.3 Å². The van der Waals surface area contributed by atoms with E-state index in [1.807, 2.05) is 0 Å². The van der Waals surface area contributed by atoms with Crippen molar-refractivity contribution in [2.45, 2.75) is 43.2 Å². The first-order valence-electron chi connectivity index (χ1n) is 11.4. The Morgan fingerprint density at radius 2 is 1.72 bits per heavy atom. The third-order valence-corrected chi connectivity index (χ3v) is 7.84. The minimum atomic E-state index is -3.15. The number of Topliss-reactive ketones (excluding diaryl/α,β-unsaturated/α-hetero) is 1. The molecular weight excluding hydrogens is 484 g/mol. The smallest absolute Gasteiger partial charge is 0.293 e. The van der Waals surface area contributed by atoms with Crippen molar-refractivity contribution >= 4 is 29.2 Å². The fraction of sp³-hybridized carbons (Fsp3) is 0.417. The van der Waals surface area contributed by atoms with Crippen LogP contribution in [-0.4, -0.2) is 46.6 Å². The quantitative estimate of drug-likeness (QED) is 0.319. The van der Waals surface area contributed by atoms with Crippen molar-refractivity contribution in [3.63, 3.8) is 0 Å². The maximum atomic E-state index is 13.6. The summed E-state index contributed by atoms with van der Waals surface area (Å²) in [5.74, 6) is -8.52. The molecular formula is C24H20F4N4O4. The molecule has 3 amide bonds. The first kappa shape index (κ1) is 22.7. The number of carbonyl (C=O) groups is 4. The molecule has 2 unspecified atom stereocenters. The second kappa shape index (κ2) is 6.95. The van der Waals surface area contributed by atoms with E-state index in [0.717, 1.165) is 12.1 Å². The molecule has 3 N–H and O–H groups in total. The predicted octanol–water partition coefficient (Wildman–Crippen LogP) is 2.44. The van der Waals surface area contributed by atoms with Gasteiger partial charge in [-0.3, -0.25) is 19.2 Å². The Kier molecular flexibility index (Phi) is 4.39. The Balaban J connectivity index is 1.31. The first-order valence-corrected chi connectivity index (χ1v) is 11.4. The largest absolute Gasteiger partial charge is 0.357 e. The minimum Gasteiger partial charge on any atom is -0.357 e. The van der Waals surface area contributed by atoms with Gasteiger partial charge in [0.1, 0.15) is 11.2 Å². The number of anilines is 1. The lowest BCUT2D eigenvalue weighted by atomic mass is 9.72. The monoisotopic (exact) mass is 504 g/mol. The van der Waals surface area contributed by atoms with Gasteiger partial charge in [0, 0.05) is 49.3 Å². The summed E-state index contributed by atoms with van der Waals surface area (Å²) in [5, 5.41) is 6.95. The zero-order valence-corrected chi connectivity index (χ0v) is 19.0. The van der Waals surface area contributed by atoms with Crippen LogP contribution in [0.3, 0.4) is 0 Å². The van der Waals surface area contributed by atoms with Gasteiger partial charge in [0.15, 0.2) is 11.6 Å². The highest BCUT2D eigenvalue weighted by molar-refractivity contribution is 6.44. The maximum absolute atomic E-state index is 13.6. The molecule has 1 aromatic heterocycles. The summed E-state index contributed by atoms with van der Waals surface area (Å²) in [6.45, 7) is 1.49. The van der Waals surface area contributed by atoms with Crippen LogP contribution in [0.15, 0.2) is 18.2 Å².